The van der Waals surface area contributed by atoms with Crippen LogP contribution in [0.15, 0.2) is 42.5 Å². The largest absolute Gasteiger partial charge is 0.462 e. The number of benzene rings is 2. The fraction of sp³-hybridized carbons (Fsp3) is 0.235. The van der Waals surface area contributed by atoms with Crippen LogP contribution in [0.2, 0.25) is 0 Å². The number of hydrogen-bond acceptors (Lipinski definition) is 2. The summed E-state index contributed by atoms with van der Waals surface area (Å²) in [5, 5.41) is 0. The molecule has 1 aliphatic rings. The summed E-state index contributed by atoms with van der Waals surface area (Å²) in [6.07, 6.45) is 1.75. The summed E-state index contributed by atoms with van der Waals surface area (Å²) in [6.45, 7) is 2.47. The molecule has 2 heteroatoms. The van der Waals surface area contributed by atoms with Crippen LogP contribution in [0.4, 0.5) is 0 Å². The fourth-order valence-electron chi connectivity index (χ4n) is 2.55. The first kappa shape index (κ1) is 12.0. The Labute approximate surface area is 113 Å². The minimum atomic E-state index is -0.222. The molecule has 1 aliphatic carbocycles. The third-order valence-electron chi connectivity index (χ3n) is 3.47. The van der Waals surface area contributed by atoms with Crippen LogP contribution in [-0.2, 0) is 11.2 Å². The van der Waals surface area contributed by atoms with Gasteiger partial charge in [0.1, 0.15) is 0 Å². The Morgan fingerprint density at radius 3 is 2.74 bits per heavy atom. The second-order valence-corrected chi connectivity index (χ2v) is 4.84. The molecule has 2 aromatic rings. The van der Waals surface area contributed by atoms with Crippen LogP contribution >= 0.6 is 0 Å². The van der Waals surface area contributed by atoms with Crippen LogP contribution in [0, 0.1) is 0 Å². The lowest BCUT2D eigenvalue weighted by atomic mass is 10.0. The number of fused-ring (bicyclic) bond motifs is 3. The van der Waals surface area contributed by atoms with Crippen LogP contribution < -0.4 is 0 Å². The third kappa shape index (κ3) is 2.14. The van der Waals surface area contributed by atoms with E-state index in [4.69, 9.17) is 4.74 Å². The van der Waals surface area contributed by atoms with E-state index in [2.05, 4.69) is 24.3 Å². The number of esters is 1. The fourth-order valence-corrected chi connectivity index (χ4v) is 2.55. The predicted octanol–water partition coefficient (Wildman–Crippen LogP) is 3.82. The number of ether oxygens (including phenoxy) is 1. The SMILES string of the molecule is CCCOC(=O)c1ccc2c(c1)Cc1ccccc1-2. The third-order valence-corrected chi connectivity index (χ3v) is 3.47. The summed E-state index contributed by atoms with van der Waals surface area (Å²) in [5.74, 6) is -0.222. The van der Waals surface area contributed by atoms with Crippen LogP contribution in [0.1, 0.15) is 34.8 Å². The predicted molar refractivity (Wildman–Crippen MR) is 75.3 cm³/mol. The smallest absolute Gasteiger partial charge is 0.338 e. The maximum Gasteiger partial charge on any atom is 0.338 e. The summed E-state index contributed by atoms with van der Waals surface area (Å²) in [5.41, 5.74) is 5.72. The Hall–Kier alpha value is -2.09. The van der Waals surface area contributed by atoms with Gasteiger partial charge in [-0.1, -0.05) is 37.3 Å². The molecule has 0 saturated heterocycles. The van der Waals surface area contributed by atoms with Crippen LogP contribution in [0.5, 0.6) is 0 Å². The Bertz CT molecular complexity index is 629. The molecule has 0 saturated carbocycles. The highest BCUT2D eigenvalue weighted by atomic mass is 16.5. The van der Waals surface area contributed by atoms with E-state index in [0.717, 1.165) is 12.8 Å². The van der Waals surface area contributed by atoms with E-state index in [1.165, 1.54) is 22.3 Å². The highest BCUT2D eigenvalue weighted by Crippen LogP contribution is 2.36. The van der Waals surface area contributed by atoms with E-state index in [-0.39, 0.29) is 5.97 Å². The summed E-state index contributed by atoms with van der Waals surface area (Å²) in [6, 6.07) is 14.2. The van der Waals surface area contributed by atoms with Gasteiger partial charge in [0.25, 0.3) is 0 Å². The Kier molecular flexibility index (Phi) is 3.08. The molecule has 0 radical (unpaired) electrons. The number of carbonyl (C=O) groups excluding carboxylic acids is 1. The average molecular weight is 252 g/mol. The van der Waals surface area contributed by atoms with E-state index in [0.29, 0.717) is 12.2 Å². The zero-order valence-corrected chi connectivity index (χ0v) is 11.0. The van der Waals surface area contributed by atoms with Crippen molar-refractivity contribution in [3.05, 3.63) is 59.2 Å². The van der Waals surface area contributed by atoms with Crippen LogP contribution in [0.3, 0.4) is 0 Å². The van der Waals surface area contributed by atoms with Gasteiger partial charge < -0.3 is 4.74 Å². The molecule has 96 valence electrons. The number of hydrogen-bond donors (Lipinski definition) is 0. The first-order valence-corrected chi connectivity index (χ1v) is 6.68. The quantitative estimate of drug-likeness (QED) is 0.662. The molecule has 2 nitrogen and oxygen atoms in total. The molecular formula is C17H16O2. The van der Waals surface area contributed by atoms with E-state index < -0.39 is 0 Å². The van der Waals surface area contributed by atoms with Crippen LogP contribution in [0.25, 0.3) is 11.1 Å². The molecule has 0 unspecified atom stereocenters. The molecule has 0 spiro atoms. The number of rotatable bonds is 3. The number of carbonyl (C=O) groups is 1. The van der Waals surface area contributed by atoms with Gasteiger partial charge in [0.15, 0.2) is 0 Å². The molecule has 0 atom stereocenters. The van der Waals surface area contributed by atoms with Gasteiger partial charge in [-0.2, -0.15) is 0 Å². The molecule has 0 bridgehead atoms. The minimum absolute atomic E-state index is 0.222. The second kappa shape index (κ2) is 4.88. The lowest BCUT2D eigenvalue weighted by Crippen LogP contribution is -2.06. The summed E-state index contributed by atoms with van der Waals surface area (Å²) < 4.78 is 5.18. The molecule has 0 amide bonds. The lowest BCUT2D eigenvalue weighted by Gasteiger charge is -2.05. The molecule has 3 rings (SSSR count). The van der Waals surface area contributed by atoms with E-state index in [1.54, 1.807) is 0 Å². The minimum Gasteiger partial charge on any atom is -0.462 e. The normalized spacial score (nSPS) is 11.8. The molecule has 2 aromatic carbocycles. The van der Waals surface area contributed by atoms with Crippen molar-refractivity contribution in [3.63, 3.8) is 0 Å². The van der Waals surface area contributed by atoms with E-state index in [1.807, 2.05) is 25.1 Å². The van der Waals surface area contributed by atoms with Gasteiger partial charge in [-0.3, -0.25) is 0 Å². The Morgan fingerprint density at radius 2 is 1.89 bits per heavy atom. The zero-order chi connectivity index (χ0) is 13.2. The summed E-state index contributed by atoms with van der Waals surface area (Å²) in [4.78, 5) is 11.9. The van der Waals surface area contributed by atoms with Gasteiger partial charge >= 0.3 is 5.97 Å². The van der Waals surface area contributed by atoms with Crippen LogP contribution in [-0.4, -0.2) is 12.6 Å². The van der Waals surface area contributed by atoms with Crippen molar-refractivity contribution in [2.45, 2.75) is 19.8 Å². The van der Waals surface area contributed by atoms with Gasteiger partial charge in [0, 0.05) is 0 Å². The van der Waals surface area contributed by atoms with Crippen molar-refractivity contribution < 1.29 is 9.53 Å². The van der Waals surface area contributed by atoms with E-state index >= 15 is 0 Å². The zero-order valence-electron chi connectivity index (χ0n) is 11.0. The van der Waals surface area contributed by atoms with Gasteiger partial charge in [0.2, 0.25) is 0 Å². The highest BCUT2D eigenvalue weighted by molar-refractivity contribution is 5.91. The van der Waals surface area contributed by atoms with Crippen molar-refractivity contribution in [1.29, 1.82) is 0 Å². The molecule has 19 heavy (non-hydrogen) atoms. The highest BCUT2D eigenvalue weighted by Gasteiger charge is 2.19. The monoisotopic (exact) mass is 252 g/mol. The Balaban J connectivity index is 1.91. The first-order valence-electron chi connectivity index (χ1n) is 6.68. The molecule has 0 N–H and O–H groups in total. The summed E-state index contributed by atoms with van der Waals surface area (Å²) in [7, 11) is 0. The van der Waals surface area contributed by atoms with E-state index in [9.17, 15) is 4.79 Å². The lowest BCUT2D eigenvalue weighted by molar-refractivity contribution is 0.0505. The van der Waals surface area contributed by atoms with Crippen molar-refractivity contribution >= 4 is 5.97 Å². The van der Waals surface area contributed by atoms with Gasteiger partial charge in [-0.15, -0.1) is 0 Å². The van der Waals surface area contributed by atoms with Crippen molar-refractivity contribution in [3.8, 4) is 11.1 Å². The topological polar surface area (TPSA) is 26.3 Å². The van der Waals surface area contributed by atoms with Gasteiger partial charge in [-0.05, 0) is 47.2 Å². The second-order valence-electron chi connectivity index (χ2n) is 4.84. The maximum absolute atomic E-state index is 11.9. The van der Waals surface area contributed by atoms with Gasteiger partial charge in [-0.25, -0.2) is 4.79 Å². The molecule has 0 aliphatic heterocycles. The molecular weight excluding hydrogens is 236 g/mol. The van der Waals surface area contributed by atoms with Crippen molar-refractivity contribution in [2.24, 2.45) is 0 Å². The molecule has 0 fully saturated rings. The van der Waals surface area contributed by atoms with Gasteiger partial charge in [0.05, 0.1) is 12.2 Å². The summed E-state index contributed by atoms with van der Waals surface area (Å²) >= 11 is 0. The average Bonchev–Trinajstić information content (AvgIpc) is 2.82. The van der Waals surface area contributed by atoms with Crippen molar-refractivity contribution in [1.82, 2.24) is 0 Å². The maximum atomic E-state index is 11.9. The first-order chi connectivity index (χ1) is 9.29. The Morgan fingerprint density at radius 1 is 1.11 bits per heavy atom. The molecule has 0 aromatic heterocycles. The standard InChI is InChI=1S/C17H16O2/c1-2-9-19-17(18)13-7-8-16-14(11-13)10-12-5-3-4-6-15(12)16/h3-8,11H,2,9-10H2,1H3. The molecule has 0 heterocycles. The van der Waals surface area contributed by atoms with Crippen molar-refractivity contribution in [2.75, 3.05) is 6.61 Å².